The summed E-state index contributed by atoms with van der Waals surface area (Å²) < 4.78 is 18.1. The molecule has 8 heteroatoms. The maximum Gasteiger partial charge on any atom is 0.329 e. The SMILES string of the molecule is Cc1c(Cl)cccc1NC1(C(=O)O)CCC2(CC1)c1cc3c(cc1CC2C[C@@H](C)COc1ccnc2c1[C@H](C)CCC2)OCO3. The molecule has 1 unspecified atom stereocenters. The molecule has 3 aliphatic carbocycles. The van der Waals surface area contributed by atoms with Crippen LogP contribution >= 0.6 is 11.6 Å². The van der Waals surface area contributed by atoms with Crippen molar-refractivity contribution in [2.75, 3.05) is 18.7 Å². The fourth-order valence-electron chi connectivity index (χ4n) is 8.65. The van der Waals surface area contributed by atoms with E-state index in [0.29, 0.717) is 42.2 Å². The molecule has 238 valence electrons. The van der Waals surface area contributed by atoms with Gasteiger partial charge < -0.3 is 24.6 Å². The number of hydrogen-bond donors (Lipinski definition) is 2. The van der Waals surface area contributed by atoms with Gasteiger partial charge in [-0.15, -0.1) is 0 Å². The number of rotatable bonds is 8. The number of ether oxygens (including phenoxy) is 3. The Morgan fingerprint density at radius 3 is 2.73 bits per heavy atom. The molecular formula is C37H43ClN2O5. The lowest BCUT2D eigenvalue weighted by Crippen LogP contribution is -2.53. The summed E-state index contributed by atoms with van der Waals surface area (Å²) in [6.45, 7) is 7.38. The van der Waals surface area contributed by atoms with Gasteiger partial charge in [0.05, 0.1) is 6.61 Å². The van der Waals surface area contributed by atoms with Crippen LogP contribution < -0.4 is 19.5 Å². The van der Waals surface area contributed by atoms with Crippen LogP contribution in [0.25, 0.3) is 0 Å². The minimum absolute atomic E-state index is 0.140. The number of carbonyl (C=O) groups is 1. The number of anilines is 1. The van der Waals surface area contributed by atoms with Crippen LogP contribution in [-0.4, -0.2) is 35.0 Å². The minimum Gasteiger partial charge on any atom is -0.493 e. The molecule has 0 amide bonds. The summed E-state index contributed by atoms with van der Waals surface area (Å²) in [5.41, 5.74) is 5.54. The van der Waals surface area contributed by atoms with Crippen LogP contribution in [0.4, 0.5) is 5.69 Å². The van der Waals surface area contributed by atoms with Crippen molar-refractivity contribution in [3.63, 3.8) is 0 Å². The number of carboxylic acids is 1. The lowest BCUT2D eigenvalue weighted by molar-refractivity contribution is -0.144. The number of hydrogen-bond acceptors (Lipinski definition) is 6. The normalized spacial score (nSPS) is 27.1. The number of nitrogens with zero attached hydrogens (tertiary/aromatic N) is 1. The number of halogens is 1. The van der Waals surface area contributed by atoms with E-state index >= 15 is 0 Å². The van der Waals surface area contributed by atoms with E-state index in [9.17, 15) is 9.90 Å². The first-order valence-electron chi connectivity index (χ1n) is 16.5. The van der Waals surface area contributed by atoms with E-state index in [1.54, 1.807) is 0 Å². The Bertz CT molecular complexity index is 1610. The fourth-order valence-corrected chi connectivity index (χ4v) is 8.83. The largest absolute Gasteiger partial charge is 0.493 e. The maximum absolute atomic E-state index is 12.9. The zero-order valence-corrected chi connectivity index (χ0v) is 27.2. The minimum atomic E-state index is -1.06. The van der Waals surface area contributed by atoms with Crippen LogP contribution in [0, 0.1) is 18.8 Å². The Kier molecular flexibility index (Phi) is 7.87. The first-order chi connectivity index (χ1) is 21.7. The van der Waals surface area contributed by atoms with Gasteiger partial charge in [-0.2, -0.15) is 0 Å². The molecule has 3 atom stereocenters. The molecule has 1 spiro atoms. The molecule has 2 N–H and O–H groups in total. The molecule has 1 aromatic heterocycles. The number of aryl methyl sites for hydroxylation is 1. The number of benzene rings is 2. The monoisotopic (exact) mass is 630 g/mol. The molecule has 2 heterocycles. The van der Waals surface area contributed by atoms with Gasteiger partial charge in [-0.25, -0.2) is 4.79 Å². The summed E-state index contributed by atoms with van der Waals surface area (Å²) in [6, 6.07) is 12.0. The third-order valence-electron chi connectivity index (χ3n) is 11.2. The summed E-state index contributed by atoms with van der Waals surface area (Å²) in [5, 5.41) is 14.7. The van der Waals surface area contributed by atoms with Gasteiger partial charge in [-0.1, -0.05) is 31.5 Å². The summed E-state index contributed by atoms with van der Waals surface area (Å²) in [7, 11) is 0. The number of carboxylic acid groups (broad SMARTS) is 1. The summed E-state index contributed by atoms with van der Waals surface area (Å²) in [5.74, 6) is 2.93. The van der Waals surface area contributed by atoms with Gasteiger partial charge in [-0.3, -0.25) is 4.98 Å². The Morgan fingerprint density at radius 1 is 1.18 bits per heavy atom. The second kappa shape index (κ2) is 11.7. The molecule has 3 aromatic rings. The van der Waals surface area contributed by atoms with Crippen molar-refractivity contribution in [3.8, 4) is 17.2 Å². The first-order valence-corrected chi connectivity index (χ1v) is 16.9. The Morgan fingerprint density at radius 2 is 1.96 bits per heavy atom. The average molecular weight is 631 g/mol. The van der Waals surface area contributed by atoms with E-state index in [-0.39, 0.29) is 12.2 Å². The fraction of sp³-hybridized carbons (Fsp3) is 0.514. The van der Waals surface area contributed by atoms with Crippen LogP contribution in [-0.2, 0) is 23.1 Å². The molecular weight excluding hydrogens is 588 g/mol. The van der Waals surface area contributed by atoms with Crippen LogP contribution in [0.3, 0.4) is 0 Å². The van der Waals surface area contributed by atoms with Crippen LogP contribution in [0.2, 0.25) is 5.02 Å². The zero-order chi connectivity index (χ0) is 31.3. The standard InChI is InChI=1S/C37H43ClN2O5/c1-22(20-43-31-10-15-39-30-9-4-6-23(2)34(30)31)16-26-17-25-18-32-33(45-21-44-32)19-27(25)36(26)11-13-37(14-12-36,35(41)42)40-29-8-5-7-28(38)24(29)3/h5,7-8,10,15,18-19,22-23,26,40H,4,6,9,11-14,16-17,20-21H2,1-3H3,(H,41,42)/t22-,23-,26?,36?,37?/m1/s1. The highest BCUT2D eigenvalue weighted by Crippen LogP contribution is 2.58. The maximum atomic E-state index is 12.9. The summed E-state index contributed by atoms with van der Waals surface area (Å²) in [4.78, 5) is 17.6. The highest BCUT2D eigenvalue weighted by molar-refractivity contribution is 6.31. The van der Waals surface area contributed by atoms with E-state index in [1.807, 2.05) is 37.4 Å². The van der Waals surface area contributed by atoms with Crippen molar-refractivity contribution in [2.24, 2.45) is 11.8 Å². The van der Waals surface area contributed by atoms with Crippen molar-refractivity contribution in [1.29, 1.82) is 0 Å². The predicted octanol–water partition coefficient (Wildman–Crippen LogP) is 8.24. The molecule has 45 heavy (non-hydrogen) atoms. The number of fused-ring (bicyclic) bond motifs is 4. The van der Waals surface area contributed by atoms with Crippen LogP contribution in [0.15, 0.2) is 42.6 Å². The van der Waals surface area contributed by atoms with Gasteiger partial charge in [0, 0.05) is 28.2 Å². The highest BCUT2D eigenvalue weighted by atomic mass is 35.5. The molecule has 7 nitrogen and oxygen atoms in total. The van der Waals surface area contributed by atoms with Gasteiger partial charge in [0.25, 0.3) is 0 Å². The first kappa shape index (κ1) is 30.2. The Hall–Kier alpha value is -3.45. The van der Waals surface area contributed by atoms with Crippen molar-refractivity contribution >= 4 is 23.3 Å². The number of pyridine rings is 1. The van der Waals surface area contributed by atoms with Crippen molar-refractivity contribution in [2.45, 2.75) is 95.4 Å². The summed E-state index contributed by atoms with van der Waals surface area (Å²) >= 11 is 6.41. The van der Waals surface area contributed by atoms with E-state index in [0.717, 1.165) is 60.6 Å². The van der Waals surface area contributed by atoms with Crippen molar-refractivity contribution in [3.05, 3.63) is 75.6 Å². The van der Waals surface area contributed by atoms with Crippen LogP contribution in [0.5, 0.6) is 17.2 Å². The molecule has 1 saturated carbocycles. The van der Waals surface area contributed by atoms with E-state index in [1.165, 1.54) is 35.2 Å². The Labute approximate surface area is 270 Å². The zero-order valence-electron chi connectivity index (χ0n) is 26.5. The third-order valence-corrected chi connectivity index (χ3v) is 11.6. The number of nitrogens with one attached hydrogen (secondary N) is 1. The average Bonchev–Trinajstić information content (AvgIpc) is 3.60. The quantitative estimate of drug-likeness (QED) is 0.259. The molecule has 0 saturated heterocycles. The van der Waals surface area contributed by atoms with Gasteiger partial charge in [0.1, 0.15) is 11.3 Å². The van der Waals surface area contributed by atoms with Crippen molar-refractivity contribution in [1.82, 2.24) is 4.98 Å². The summed E-state index contributed by atoms with van der Waals surface area (Å²) in [6.07, 6.45) is 9.78. The molecule has 1 fully saturated rings. The number of aromatic nitrogens is 1. The van der Waals surface area contributed by atoms with Crippen LogP contribution in [0.1, 0.15) is 92.7 Å². The molecule has 0 bridgehead atoms. The predicted molar refractivity (Wildman–Crippen MR) is 175 cm³/mol. The van der Waals surface area contributed by atoms with Crippen molar-refractivity contribution < 1.29 is 24.1 Å². The Balaban J connectivity index is 1.14. The highest BCUT2D eigenvalue weighted by Gasteiger charge is 2.54. The lowest BCUT2D eigenvalue weighted by Gasteiger charge is -2.47. The lowest BCUT2D eigenvalue weighted by atomic mass is 9.59. The second-order valence-corrected chi connectivity index (χ2v) is 14.4. The molecule has 1 aliphatic heterocycles. The van der Waals surface area contributed by atoms with Gasteiger partial charge in [0.15, 0.2) is 11.5 Å². The molecule has 4 aliphatic rings. The molecule has 7 rings (SSSR count). The van der Waals surface area contributed by atoms with E-state index in [2.05, 4.69) is 36.3 Å². The van der Waals surface area contributed by atoms with Gasteiger partial charge in [0.2, 0.25) is 6.79 Å². The van der Waals surface area contributed by atoms with Gasteiger partial charge >= 0.3 is 5.97 Å². The second-order valence-electron chi connectivity index (χ2n) is 14.0. The smallest absolute Gasteiger partial charge is 0.329 e. The van der Waals surface area contributed by atoms with E-state index < -0.39 is 11.5 Å². The van der Waals surface area contributed by atoms with Gasteiger partial charge in [-0.05, 0) is 135 Å². The van der Waals surface area contributed by atoms with E-state index in [4.69, 9.17) is 25.8 Å². The molecule has 2 aromatic carbocycles. The molecule has 0 radical (unpaired) electrons. The topological polar surface area (TPSA) is 89.9 Å². The number of aliphatic carboxylic acids is 1. The third kappa shape index (κ3) is 5.31.